The van der Waals surface area contributed by atoms with Gasteiger partial charge in [0.05, 0.1) is 26.4 Å². The first-order valence-electron chi connectivity index (χ1n) is 8.04. The number of hydrogen-bond donors (Lipinski definition) is 2. The molecule has 0 aromatic heterocycles. The van der Waals surface area contributed by atoms with E-state index in [1.165, 1.54) is 0 Å². The van der Waals surface area contributed by atoms with E-state index in [0.717, 1.165) is 22.4 Å². The molecule has 0 saturated carbocycles. The first kappa shape index (κ1) is 16.7. The van der Waals surface area contributed by atoms with E-state index in [2.05, 4.69) is 0 Å². The van der Waals surface area contributed by atoms with Crippen LogP contribution in [0.15, 0.2) is 54.6 Å². The van der Waals surface area contributed by atoms with Gasteiger partial charge in [0.2, 0.25) is 0 Å². The van der Waals surface area contributed by atoms with Gasteiger partial charge in [-0.1, -0.05) is 54.6 Å². The van der Waals surface area contributed by atoms with Crippen LogP contribution in [0.25, 0.3) is 6.08 Å². The van der Waals surface area contributed by atoms with Crippen LogP contribution >= 0.6 is 0 Å². The monoisotopic (exact) mass is 326 g/mol. The Morgan fingerprint density at radius 1 is 1.21 bits per heavy atom. The van der Waals surface area contributed by atoms with Gasteiger partial charge in [-0.15, -0.1) is 0 Å². The van der Waals surface area contributed by atoms with Gasteiger partial charge < -0.3 is 19.7 Å². The van der Waals surface area contributed by atoms with E-state index in [1.807, 2.05) is 60.7 Å². The Hall–Kier alpha value is -2.14. The summed E-state index contributed by atoms with van der Waals surface area (Å²) in [7, 11) is 1.64. The van der Waals surface area contributed by atoms with E-state index in [-0.39, 0.29) is 12.5 Å². The van der Waals surface area contributed by atoms with Gasteiger partial charge in [0.25, 0.3) is 0 Å². The van der Waals surface area contributed by atoms with Crippen LogP contribution in [0.4, 0.5) is 0 Å². The Kier molecular flexibility index (Phi) is 5.30. The Labute approximate surface area is 142 Å². The molecule has 2 aromatic rings. The molecule has 0 spiro atoms. The summed E-state index contributed by atoms with van der Waals surface area (Å²) in [6.07, 6.45) is 2.55. The van der Waals surface area contributed by atoms with Crippen LogP contribution in [0.1, 0.15) is 22.6 Å². The van der Waals surface area contributed by atoms with E-state index >= 15 is 0 Å². The average molecular weight is 326 g/mol. The summed E-state index contributed by atoms with van der Waals surface area (Å²) in [5, 5.41) is 19.6. The minimum absolute atomic E-state index is 0.202. The van der Waals surface area contributed by atoms with E-state index in [4.69, 9.17) is 9.47 Å². The zero-order chi connectivity index (χ0) is 16.9. The summed E-state index contributed by atoms with van der Waals surface area (Å²) in [6.45, 7) is 0.0504. The Morgan fingerprint density at radius 2 is 2.00 bits per heavy atom. The van der Waals surface area contributed by atoms with Gasteiger partial charge in [0, 0.05) is 11.5 Å². The maximum atomic E-state index is 10.2. The molecule has 0 fully saturated rings. The van der Waals surface area contributed by atoms with Crippen molar-refractivity contribution >= 4 is 6.08 Å². The zero-order valence-corrected chi connectivity index (χ0v) is 13.6. The van der Waals surface area contributed by atoms with Crippen molar-refractivity contribution in [2.75, 3.05) is 13.7 Å². The third-order valence-electron chi connectivity index (χ3n) is 4.36. The number of methoxy groups -OCH3 is 1. The molecule has 2 aromatic carbocycles. The van der Waals surface area contributed by atoms with Crippen LogP contribution in [-0.4, -0.2) is 36.1 Å². The van der Waals surface area contributed by atoms with Crippen LogP contribution in [0, 0.1) is 0 Å². The van der Waals surface area contributed by atoms with E-state index < -0.39 is 12.2 Å². The van der Waals surface area contributed by atoms with E-state index in [0.29, 0.717) is 6.61 Å². The summed E-state index contributed by atoms with van der Waals surface area (Å²) in [4.78, 5) is 0. The molecule has 4 nitrogen and oxygen atoms in total. The summed E-state index contributed by atoms with van der Waals surface area (Å²) in [5.41, 5.74) is 3.12. The second-order valence-electron chi connectivity index (χ2n) is 5.85. The minimum Gasteiger partial charge on any atom is -0.496 e. The molecule has 0 aliphatic carbocycles. The maximum absolute atomic E-state index is 10.2. The van der Waals surface area contributed by atoms with Crippen molar-refractivity contribution in [3.05, 3.63) is 71.3 Å². The second-order valence-corrected chi connectivity index (χ2v) is 5.85. The van der Waals surface area contributed by atoms with Crippen LogP contribution in [-0.2, 0) is 11.3 Å². The van der Waals surface area contributed by atoms with Crippen molar-refractivity contribution < 1.29 is 19.7 Å². The standard InChI is InChI=1S/C20H22O4/c1-23-18-9-5-8-15-13-24-20(17(22)12-21)16(19(15)18)11-10-14-6-3-2-4-7-14/h2-11,16-17,20-22H,12-13H2,1H3/t16-,17+,20-/m0/s1. The maximum Gasteiger partial charge on any atom is 0.123 e. The van der Waals surface area contributed by atoms with Crippen molar-refractivity contribution in [1.29, 1.82) is 0 Å². The lowest BCUT2D eigenvalue weighted by molar-refractivity contribution is -0.0790. The third-order valence-corrected chi connectivity index (χ3v) is 4.36. The highest BCUT2D eigenvalue weighted by atomic mass is 16.5. The predicted molar refractivity (Wildman–Crippen MR) is 92.9 cm³/mol. The van der Waals surface area contributed by atoms with E-state index in [1.54, 1.807) is 7.11 Å². The van der Waals surface area contributed by atoms with Crippen molar-refractivity contribution in [3.63, 3.8) is 0 Å². The quantitative estimate of drug-likeness (QED) is 0.887. The van der Waals surface area contributed by atoms with Gasteiger partial charge in [-0.3, -0.25) is 0 Å². The molecular weight excluding hydrogens is 304 g/mol. The molecule has 1 heterocycles. The summed E-state index contributed by atoms with van der Waals surface area (Å²) in [6, 6.07) is 15.8. The lowest BCUT2D eigenvalue weighted by atomic mass is 9.84. The second kappa shape index (κ2) is 7.62. The lowest BCUT2D eigenvalue weighted by Gasteiger charge is -2.35. The smallest absolute Gasteiger partial charge is 0.123 e. The summed E-state index contributed by atoms with van der Waals surface area (Å²) < 4.78 is 11.4. The van der Waals surface area contributed by atoms with Crippen LogP contribution in [0.5, 0.6) is 5.75 Å². The fourth-order valence-electron chi connectivity index (χ4n) is 3.16. The van der Waals surface area contributed by atoms with Crippen LogP contribution in [0.3, 0.4) is 0 Å². The average Bonchev–Trinajstić information content (AvgIpc) is 2.65. The number of aliphatic hydroxyl groups is 2. The normalized spacial score (nSPS) is 21.5. The number of rotatable bonds is 5. The topological polar surface area (TPSA) is 58.9 Å². The van der Waals surface area contributed by atoms with Gasteiger partial charge in [0.15, 0.2) is 0 Å². The molecule has 0 radical (unpaired) electrons. The molecular formula is C20H22O4. The molecule has 4 heteroatoms. The SMILES string of the molecule is COc1cccc2c1[C@H](C=Cc1ccccc1)[C@@H]([C@H](O)CO)OC2. The fourth-order valence-corrected chi connectivity index (χ4v) is 3.16. The molecule has 0 unspecified atom stereocenters. The fraction of sp³-hybridized carbons (Fsp3) is 0.300. The number of ether oxygens (including phenoxy) is 2. The highest BCUT2D eigenvalue weighted by Gasteiger charge is 2.35. The number of aliphatic hydroxyl groups excluding tert-OH is 2. The molecule has 3 rings (SSSR count). The minimum atomic E-state index is -0.950. The molecule has 0 amide bonds. The summed E-state index contributed by atoms with van der Waals surface area (Å²) >= 11 is 0. The molecule has 3 atom stereocenters. The first-order valence-corrected chi connectivity index (χ1v) is 8.04. The molecule has 1 aliphatic rings. The largest absolute Gasteiger partial charge is 0.496 e. The van der Waals surface area contributed by atoms with Crippen molar-refractivity contribution in [3.8, 4) is 5.75 Å². The third kappa shape index (κ3) is 3.36. The molecule has 2 N–H and O–H groups in total. The Balaban J connectivity index is 2.02. The lowest BCUT2D eigenvalue weighted by Crippen LogP contribution is -2.39. The predicted octanol–water partition coefficient (Wildman–Crippen LogP) is 2.74. The zero-order valence-electron chi connectivity index (χ0n) is 13.6. The summed E-state index contributed by atoms with van der Waals surface area (Å²) in [5.74, 6) is 0.570. The van der Waals surface area contributed by atoms with Crippen molar-refractivity contribution in [1.82, 2.24) is 0 Å². The van der Waals surface area contributed by atoms with Gasteiger partial charge in [-0.25, -0.2) is 0 Å². The highest BCUT2D eigenvalue weighted by molar-refractivity contribution is 5.54. The Bertz CT molecular complexity index is 682. The molecule has 126 valence electrons. The first-order chi connectivity index (χ1) is 11.7. The number of fused-ring (bicyclic) bond motifs is 1. The van der Waals surface area contributed by atoms with Gasteiger partial charge in [-0.05, 0) is 17.2 Å². The van der Waals surface area contributed by atoms with Crippen LogP contribution < -0.4 is 4.74 Å². The number of hydrogen-bond acceptors (Lipinski definition) is 4. The van der Waals surface area contributed by atoms with E-state index in [9.17, 15) is 10.2 Å². The highest BCUT2D eigenvalue weighted by Crippen LogP contribution is 2.40. The number of benzene rings is 2. The molecule has 0 saturated heterocycles. The molecule has 1 aliphatic heterocycles. The molecule has 24 heavy (non-hydrogen) atoms. The van der Waals surface area contributed by atoms with Crippen molar-refractivity contribution in [2.24, 2.45) is 0 Å². The van der Waals surface area contributed by atoms with Crippen LogP contribution in [0.2, 0.25) is 0 Å². The van der Waals surface area contributed by atoms with Gasteiger partial charge >= 0.3 is 0 Å². The Morgan fingerprint density at radius 3 is 2.71 bits per heavy atom. The van der Waals surface area contributed by atoms with Gasteiger partial charge in [-0.2, -0.15) is 0 Å². The van der Waals surface area contributed by atoms with Crippen molar-refractivity contribution in [2.45, 2.75) is 24.7 Å². The van der Waals surface area contributed by atoms with Gasteiger partial charge in [0.1, 0.15) is 11.9 Å². The molecule has 0 bridgehead atoms.